The Morgan fingerprint density at radius 1 is 1.15 bits per heavy atom. The van der Waals surface area contributed by atoms with E-state index in [0.717, 1.165) is 34.7 Å². The lowest BCUT2D eigenvalue weighted by Crippen LogP contribution is -2.28. The van der Waals surface area contributed by atoms with Gasteiger partial charge in [0.2, 0.25) is 0 Å². The van der Waals surface area contributed by atoms with Gasteiger partial charge in [-0.15, -0.1) is 0 Å². The van der Waals surface area contributed by atoms with E-state index in [1.165, 1.54) is 25.7 Å². The predicted molar refractivity (Wildman–Crippen MR) is 88.9 cm³/mol. The van der Waals surface area contributed by atoms with E-state index in [-0.39, 0.29) is 0 Å². The first-order chi connectivity index (χ1) is 9.67. The highest BCUT2D eigenvalue weighted by Gasteiger charge is 2.21. The Morgan fingerprint density at radius 3 is 2.35 bits per heavy atom. The molecule has 1 aliphatic carbocycles. The molecule has 0 spiro atoms. The van der Waals surface area contributed by atoms with E-state index in [2.05, 4.69) is 40.7 Å². The van der Waals surface area contributed by atoms with Gasteiger partial charge in [-0.1, -0.05) is 6.92 Å². The second-order valence-corrected chi connectivity index (χ2v) is 6.56. The van der Waals surface area contributed by atoms with Crippen molar-refractivity contribution in [3.8, 4) is 0 Å². The van der Waals surface area contributed by atoms with Crippen LogP contribution < -0.4 is 10.6 Å². The Bertz CT molecular complexity index is 442. The summed E-state index contributed by atoms with van der Waals surface area (Å²) in [6.07, 6.45) is 8.18. The molecule has 4 nitrogen and oxygen atoms in total. The van der Waals surface area contributed by atoms with Gasteiger partial charge in [-0.2, -0.15) is 11.8 Å². The second-order valence-electron chi connectivity index (χ2n) is 5.42. The Morgan fingerprint density at radius 2 is 1.80 bits per heavy atom. The Kier molecular flexibility index (Phi) is 5.52. The molecule has 5 heteroatoms. The number of nitrogens with zero attached hydrogens (tertiary/aromatic N) is 2. The number of thioether (sulfide) groups is 1. The maximum atomic E-state index is 4.67. The van der Waals surface area contributed by atoms with Crippen molar-refractivity contribution in [3.05, 3.63) is 11.4 Å². The molecule has 0 bridgehead atoms. The molecule has 1 aromatic heterocycles. The second kappa shape index (κ2) is 7.16. The molecule has 1 saturated carbocycles. The molecule has 0 aromatic carbocycles. The quantitative estimate of drug-likeness (QED) is 0.871. The Balaban J connectivity index is 2.09. The van der Waals surface area contributed by atoms with Crippen molar-refractivity contribution in [2.45, 2.75) is 57.2 Å². The van der Waals surface area contributed by atoms with Gasteiger partial charge in [0.05, 0.1) is 0 Å². The van der Waals surface area contributed by atoms with Crippen LogP contribution in [0.4, 0.5) is 11.6 Å². The fourth-order valence-corrected chi connectivity index (χ4v) is 3.48. The molecule has 0 radical (unpaired) electrons. The summed E-state index contributed by atoms with van der Waals surface area (Å²) in [6.45, 7) is 4.18. The number of hydrogen-bond acceptors (Lipinski definition) is 5. The minimum absolute atomic E-state index is 0.557. The van der Waals surface area contributed by atoms with Crippen LogP contribution >= 0.6 is 11.8 Å². The predicted octanol–water partition coefficient (Wildman–Crippen LogP) is 3.48. The third-order valence-corrected chi connectivity index (χ3v) is 5.23. The summed E-state index contributed by atoms with van der Waals surface area (Å²) in [5, 5.41) is 7.66. The van der Waals surface area contributed by atoms with Crippen molar-refractivity contribution in [1.29, 1.82) is 0 Å². The van der Waals surface area contributed by atoms with Crippen LogP contribution in [0.2, 0.25) is 0 Å². The highest BCUT2D eigenvalue weighted by molar-refractivity contribution is 7.99. The molecule has 0 saturated heterocycles. The van der Waals surface area contributed by atoms with Gasteiger partial charge in [0.1, 0.15) is 17.5 Å². The van der Waals surface area contributed by atoms with Crippen LogP contribution in [0.15, 0.2) is 0 Å². The molecule has 1 heterocycles. The Labute approximate surface area is 126 Å². The van der Waals surface area contributed by atoms with Gasteiger partial charge in [-0.3, -0.25) is 0 Å². The zero-order chi connectivity index (χ0) is 14.5. The SMILES string of the molecule is CCc1nc(NC)c(C)c(NC2CCC(SC)CC2)n1. The number of aromatic nitrogens is 2. The summed E-state index contributed by atoms with van der Waals surface area (Å²) in [4.78, 5) is 9.19. The molecule has 0 atom stereocenters. The minimum atomic E-state index is 0.557. The number of rotatable bonds is 5. The van der Waals surface area contributed by atoms with Crippen molar-refractivity contribution >= 4 is 23.4 Å². The van der Waals surface area contributed by atoms with E-state index in [9.17, 15) is 0 Å². The van der Waals surface area contributed by atoms with Crippen LogP contribution in [0.5, 0.6) is 0 Å². The normalized spacial score (nSPS) is 22.6. The average Bonchev–Trinajstić information content (AvgIpc) is 2.50. The summed E-state index contributed by atoms with van der Waals surface area (Å²) in [5.74, 6) is 2.85. The van der Waals surface area contributed by atoms with E-state index in [1.54, 1.807) is 0 Å². The van der Waals surface area contributed by atoms with E-state index >= 15 is 0 Å². The van der Waals surface area contributed by atoms with E-state index in [1.807, 2.05) is 18.8 Å². The summed E-state index contributed by atoms with van der Waals surface area (Å²) >= 11 is 2.01. The molecule has 20 heavy (non-hydrogen) atoms. The maximum absolute atomic E-state index is 4.67. The van der Waals surface area contributed by atoms with Crippen molar-refractivity contribution in [1.82, 2.24) is 9.97 Å². The molecule has 1 aromatic rings. The standard InChI is InChI=1S/C15H26N4S/c1-5-13-18-14(16-3)10(2)15(19-13)17-11-6-8-12(20-4)9-7-11/h11-12H,5-9H2,1-4H3,(H2,16,17,18,19). The number of nitrogens with one attached hydrogen (secondary N) is 2. The average molecular weight is 294 g/mol. The first kappa shape index (κ1) is 15.4. The lowest BCUT2D eigenvalue weighted by molar-refractivity contribution is 0.472. The van der Waals surface area contributed by atoms with Gasteiger partial charge in [-0.05, 0) is 38.9 Å². The largest absolute Gasteiger partial charge is 0.373 e. The molecule has 1 aliphatic rings. The maximum Gasteiger partial charge on any atom is 0.134 e. The number of hydrogen-bond donors (Lipinski definition) is 2. The molecular weight excluding hydrogens is 268 g/mol. The fourth-order valence-electron chi connectivity index (χ4n) is 2.74. The van der Waals surface area contributed by atoms with E-state index < -0.39 is 0 Å². The number of aryl methyl sites for hydroxylation is 1. The summed E-state index contributed by atoms with van der Waals surface area (Å²) in [7, 11) is 1.92. The van der Waals surface area contributed by atoms with Crippen molar-refractivity contribution in [2.75, 3.05) is 23.9 Å². The third-order valence-electron chi connectivity index (χ3n) is 4.09. The third kappa shape index (κ3) is 3.57. The summed E-state index contributed by atoms with van der Waals surface area (Å²) in [5.41, 5.74) is 1.12. The van der Waals surface area contributed by atoms with Gasteiger partial charge in [0.15, 0.2) is 0 Å². The minimum Gasteiger partial charge on any atom is -0.373 e. The number of anilines is 2. The lowest BCUT2D eigenvalue weighted by Gasteiger charge is -2.29. The van der Waals surface area contributed by atoms with Gasteiger partial charge in [0, 0.05) is 30.3 Å². The van der Waals surface area contributed by atoms with Crippen LogP contribution in [0, 0.1) is 6.92 Å². The summed E-state index contributed by atoms with van der Waals surface area (Å²) < 4.78 is 0. The van der Waals surface area contributed by atoms with Crippen LogP contribution in [0.25, 0.3) is 0 Å². The molecule has 0 unspecified atom stereocenters. The highest BCUT2D eigenvalue weighted by Crippen LogP contribution is 2.29. The van der Waals surface area contributed by atoms with Gasteiger partial charge >= 0.3 is 0 Å². The zero-order valence-corrected chi connectivity index (χ0v) is 13.8. The van der Waals surface area contributed by atoms with Gasteiger partial charge < -0.3 is 10.6 Å². The smallest absolute Gasteiger partial charge is 0.134 e. The van der Waals surface area contributed by atoms with Crippen LogP contribution in [-0.4, -0.2) is 34.6 Å². The van der Waals surface area contributed by atoms with Crippen LogP contribution in [-0.2, 0) is 6.42 Å². The van der Waals surface area contributed by atoms with E-state index in [4.69, 9.17) is 0 Å². The first-order valence-electron chi connectivity index (χ1n) is 7.52. The van der Waals surface area contributed by atoms with Crippen molar-refractivity contribution in [3.63, 3.8) is 0 Å². The summed E-state index contributed by atoms with van der Waals surface area (Å²) in [6, 6.07) is 0.557. The molecule has 112 valence electrons. The first-order valence-corrected chi connectivity index (χ1v) is 8.81. The van der Waals surface area contributed by atoms with Gasteiger partial charge in [0.25, 0.3) is 0 Å². The molecule has 2 rings (SSSR count). The molecule has 0 aliphatic heterocycles. The van der Waals surface area contributed by atoms with Crippen LogP contribution in [0.1, 0.15) is 44.0 Å². The molecular formula is C15H26N4S. The molecule has 0 amide bonds. The lowest BCUT2D eigenvalue weighted by atomic mass is 9.95. The monoisotopic (exact) mass is 294 g/mol. The van der Waals surface area contributed by atoms with Crippen molar-refractivity contribution in [2.24, 2.45) is 0 Å². The van der Waals surface area contributed by atoms with Crippen molar-refractivity contribution < 1.29 is 0 Å². The van der Waals surface area contributed by atoms with Gasteiger partial charge in [-0.25, -0.2) is 9.97 Å². The van der Waals surface area contributed by atoms with E-state index in [0.29, 0.717) is 6.04 Å². The topological polar surface area (TPSA) is 49.8 Å². The fraction of sp³-hybridized carbons (Fsp3) is 0.733. The zero-order valence-electron chi connectivity index (χ0n) is 13.0. The molecule has 1 fully saturated rings. The Hall–Kier alpha value is -0.970. The highest BCUT2D eigenvalue weighted by atomic mass is 32.2. The van der Waals surface area contributed by atoms with Crippen LogP contribution in [0.3, 0.4) is 0 Å². The molecule has 2 N–H and O–H groups in total.